The third kappa shape index (κ3) is 5.50. The molecule has 1 saturated carbocycles. The van der Waals surface area contributed by atoms with E-state index >= 15 is 0 Å². The van der Waals surface area contributed by atoms with Crippen molar-refractivity contribution in [1.29, 1.82) is 0 Å². The van der Waals surface area contributed by atoms with Gasteiger partial charge in [0.2, 0.25) is 5.91 Å². The smallest absolute Gasteiger partial charge is 0.407 e. The number of aliphatic carboxylic acids is 1. The lowest BCUT2D eigenvalue weighted by Gasteiger charge is -2.42. The standard InChI is InChI=1S/C28H34N2O5/c1-27(2,3)23(15-24(31)30-28(13-8-14-28)16-25(32)33)29-26(34)35-17-22-20-11-6-4-9-18(20)19-10-5-7-12-21(19)22/h4-7,9-12,22-23H,8,13-17H2,1-3H3,(H,29,34)(H,30,31)(H,32,33). The molecule has 35 heavy (non-hydrogen) atoms. The summed E-state index contributed by atoms with van der Waals surface area (Å²) in [5.41, 5.74) is 3.52. The summed E-state index contributed by atoms with van der Waals surface area (Å²) in [5.74, 6) is -1.22. The fourth-order valence-electron chi connectivity index (χ4n) is 5.13. The van der Waals surface area contributed by atoms with Gasteiger partial charge in [-0.25, -0.2) is 4.79 Å². The Morgan fingerprint density at radius 3 is 2.09 bits per heavy atom. The Labute approximate surface area is 206 Å². The quantitative estimate of drug-likeness (QED) is 0.503. The second-order valence-electron chi connectivity index (χ2n) is 10.8. The number of benzene rings is 2. The van der Waals surface area contributed by atoms with Gasteiger partial charge in [0.15, 0.2) is 0 Å². The van der Waals surface area contributed by atoms with Crippen molar-refractivity contribution in [1.82, 2.24) is 10.6 Å². The van der Waals surface area contributed by atoms with Gasteiger partial charge in [-0.2, -0.15) is 0 Å². The highest BCUT2D eigenvalue weighted by Gasteiger charge is 2.41. The van der Waals surface area contributed by atoms with Crippen LogP contribution in [0, 0.1) is 5.41 Å². The van der Waals surface area contributed by atoms with Crippen LogP contribution < -0.4 is 10.6 Å². The molecule has 0 heterocycles. The summed E-state index contributed by atoms with van der Waals surface area (Å²) < 4.78 is 5.67. The number of rotatable bonds is 8. The molecule has 0 aromatic heterocycles. The minimum absolute atomic E-state index is 0.0426. The van der Waals surface area contributed by atoms with Gasteiger partial charge in [0.1, 0.15) is 6.61 Å². The van der Waals surface area contributed by atoms with Crippen LogP contribution in [0.3, 0.4) is 0 Å². The van der Waals surface area contributed by atoms with E-state index in [0.717, 1.165) is 28.7 Å². The van der Waals surface area contributed by atoms with E-state index in [4.69, 9.17) is 4.74 Å². The number of carbonyl (C=O) groups excluding carboxylic acids is 2. The highest BCUT2D eigenvalue weighted by Crippen LogP contribution is 2.44. The molecule has 2 aliphatic rings. The Morgan fingerprint density at radius 2 is 1.60 bits per heavy atom. The number of alkyl carbamates (subject to hydrolysis) is 1. The third-order valence-corrected chi connectivity index (χ3v) is 7.28. The number of fused-ring (bicyclic) bond motifs is 3. The van der Waals surface area contributed by atoms with Crippen molar-refractivity contribution >= 4 is 18.0 Å². The molecule has 2 aromatic carbocycles. The monoisotopic (exact) mass is 478 g/mol. The molecule has 0 saturated heterocycles. The highest BCUT2D eigenvalue weighted by atomic mass is 16.5. The van der Waals surface area contributed by atoms with Gasteiger partial charge in [0.05, 0.1) is 12.0 Å². The first-order valence-corrected chi connectivity index (χ1v) is 12.2. The molecule has 0 aliphatic heterocycles. The number of hydrogen-bond acceptors (Lipinski definition) is 4. The van der Waals surface area contributed by atoms with E-state index in [1.807, 2.05) is 45.0 Å². The first-order chi connectivity index (χ1) is 16.6. The van der Waals surface area contributed by atoms with Crippen LogP contribution in [-0.4, -0.2) is 41.3 Å². The Bertz CT molecular complexity index is 1070. The lowest BCUT2D eigenvalue weighted by molar-refractivity contribution is -0.140. The summed E-state index contributed by atoms with van der Waals surface area (Å²) in [6, 6.07) is 15.8. The van der Waals surface area contributed by atoms with E-state index < -0.39 is 29.1 Å². The molecular formula is C28H34N2O5. The summed E-state index contributed by atoms with van der Waals surface area (Å²) in [6.07, 6.45) is 1.61. The number of carboxylic acids is 1. The van der Waals surface area contributed by atoms with Crippen molar-refractivity contribution < 1.29 is 24.2 Å². The summed E-state index contributed by atoms with van der Waals surface area (Å²) in [6.45, 7) is 6.05. The lowest BCUT2D eigenvalue weighted by Crippen LogP contribution is -2.56. The van der Waals surface area contributed by atoms with Crippen molar-refractivity contribution in [2.45, 2.75) is 70.4 Å². The predicted molar refractivity (Wildman–Crippen MR) is 133 cm³/mol. The van der Waals surface area contributed by atoms with Gasteiger partial charge in [0, 0.05) is 18.4 Å². The summed E-state index contributed by atoms with van der Waals surface area (Å²) in [5, 5.41) is 15.0. The minimum Gasteiger partial charge on any atom is -0.481 e. The van der Waals surface area contributed by atoms with Gasteiger partial charge >= 0.3 is 12.1 Å². The minimum atomic E-state index is -0.922. The van der Waals surface area contributed by atoms with Gasteiger partial charge in [-0.05, 0) is 46.9 Å². The van der Waals surface area contributed by atoms with Gasteiger partial charge in [-0.15, -0.1) is 0 Å². The Kier molecular flexibility index (Phi) is 6.88. The average molecular weight is 479 g/mol. The fraction of sp³-hybridized carbons (Fsp3) is 0.464. The van der Waals surface area contributed by atoms with Gasteiger partial charge in [-0.1, -0.05) is 69.3 Å². The molecule has 0 radical (unpaired) electrons. The van der Waals surface area contributed by atoms with Gasteiger partial charge in [0.25, 0.3) is 0 Å². The molecule has 1 fully saturated rings. The van der Waals surface area contributed by atoms with Crippen LogP contribution in [0.5, 0.6) is 0 Å². The van der Waals surface area contributed by atoms with Crippen molar-refractivity contribution in [2.75, 3.05) is 6.61 Å². The molecule has 0 bridgehead atoms. The number of carboxylic acid groups (broad SMARTS) is 1. The maximum absolute atomic E-state index is 12.8. The highest BCUT2D eigenvalue weighted by molar-refractivity contribution is 5.81. The topological polar surface area (TPSA) is 105 Å². The molecular weight excluding hydrogens is 444 g/mol. The zero-order valence-electron chi connectivity index (χ0n) is 20.6. The van der Waals surface area contributed by atoms with Crippen LogP contribution in [0.25, 0.3) is 11.1 Å². The zero-order chi connectivity index (χ0) is 25.2. The largest absolute Gasteiger partial charge is 0.481 e. The van der Waals surface area contributed by atoms with Crippen LogP contribution in [0.4, 0.5) is 4.79 Å². The maximum atomic E-state index is 12.8. The van der Waals surface area contributed by atoms with Crippen LogP contribution in [0.1, 0.15) is 69.9 Å². The Morgan fingerprint density at radius 1 is 1.03 bits per heavy atom. The van der Waals surface area contributed by atoms with E-state index in [2.05, 4.69) is 34.9 Å². The normalized spacial score (nSPS) is 16.9. The Hall–Kier alpha value is -3.35. The molecule has 4 rings (SSSR count). The van der Waals surface area contributed by atoms with Crippen LogP contribution in [-0.2, 0) is 14.3 Å². The molecule has 1 atom stereocenters. The van der Waals surface area contributed by atoms with Gasteiger partial charge in [-0.3, -0.25) is 9.59 Å². The van der Waals surface area contributed by atoms with E-state index in [1.165, 1.54) is 0 Å². The molecule has 2 amide bonds. The number of amides is 2. The van der Waals surface area contributed by atoms with Crippen molar-refractivity contribution in [3.8, 4) is 11.1 Å². The number of ether oxygens (including phenoxy) is 1. The molecule has 2 aliphatic carbocycles. The van der Waals surface area contributed by atoms with Crippen LogP contribution in [0.15, 0.2) is 48.5 Å². The first kappa shape index (κ1) is 24.8. The van der Waals surface area contributed by atoms with Crippen molar-refractivity contribution in [3.05, 3.63) is 59.7 Å². The van der Waals surface area contributed by atoms with E-state index in [-0.39, 0.29) is 31.3 Å². The molecule has 0 spiro atoms. The van der Waals surface area contributed by atoms with E-state index in [1.54, 1.807) is 0 Å². The van der Waals surface area contributed by atoms with Crippen LogP contribution in [0.2, 0.25) is 0 Å². The first-order valence-electron chi connectivity index (χ1n) is 12.2. The predicted octanol–water partition coefficient (Wildman–Crippen LogP) is 4.84. The molecule has 7 heteroatoms. The summed E-state index contributed by atoms with van der Waals surface area (Å²) >= 11 is 0. The summed E-state index contributed by atoms with van der Waals surface area (Å²) in [7, 11) is 0. The average Bonchev–Trinajstić information content (AvgIpc) is 3.08. The third-order valence-electron chi connectivity index (χ3n) is 7.28. The van der Waals surface area contributed by atoms with Crippen molar-refractivity contribution in [2.24, 2.45) is 5.41 Å². The second kappa shape index (κ2) is 9.72. The number of nitrogens with one attached hydrogen (secondary N) is 2. The van der Waals surface area contributed by atoms with E-state index in [0.29, 0.717) is 12.8 Å². The van der Waals surface area contributed by atoms with Gasteiger partial charge < -0.3 is 20.5 Å². The van der Waals surface area contributed by atoms with Crippen LogP contribution >= 0.6 is 0 Å². The molecule has 1 unspecified atom stereocenters. The van der Waals surface area contributed by atoms with Crippen molar-refractivity contribution in [3.63, 3.8) is 0 Å². The maximum Gasteiger partial charge on any atom is 0.407 e. The second-order valence-corrected chi connectivity index (χ2v) is 10.8. The Balaban J connectivity index is 1.38. The molecule has 3 N–H and O–H groups in total. The molecule has 7 nitrogen and oxygen atoms in total. The number of carbonyl (C=O) groups is 3. The molecule has 2 aromatic rings. The fourth-order valence-corrected chi connectivity index (χ4v) is 5.13. The van der Waals surface area contributed by atoms with E-state index in [9.17, 15) is 19.5 Å². The SMILES string of the molecule is CC(C)(C)C(CC(=O)NC1(CC(=O)O)CCC1)NC(=O)OCC1c2ccccc2-c2ccccc21. The zero-order valence-corrected chi connectivity index (χ0v) is 20.6. The summed E-state index contributed by atoms with van der Waals surface area (Å²) in [4.78, 5) is 36.9. The number of hydrogen-bond donors (Lipinski definition) is 3. The lowest BCUT2D eigenvalue weighted by atomic mass is 9.74. The molecule has 186 valence electrons.